The van der Waals surface area contributed by atoms with Crippen LogP contribution in [-0.4, -0.2) is 68.3 Å². The maximum Gasteiger partial charge on any atom is 0.401 e. The number of hydrogen-bond donors (Lipinski definition) is 1. The molecule has 1 N–H and O–H groups in total. The third-order valence-electron chi connectivity index (χ3n) is 4.98. The first-order chi connectivity index (χ1) is 12.8. The van der Waals surface area contributed by atoms with Crippen LogP contribution in [0.15, 0.2) is 29.3 Å². The Bertz CT molecular complexity index is 604. The van der Waals surface area contributed by atoms with Crippen molar-refractivity contribution in [3.8, 4) is 0 Å². The standard InChI is InChI=1S/C20H31F3N4.HI/c1-4-26(15-20(21,22)23)13-18-10-12-27(14-18)19(24-3)25-11-9-17-7-5-16(2)6-8-17;/h5-8,18H,4,9-15H2,1-3H3,(H,24,25);1H. The Morgan fingerprint density at radius 1 is 1.29 bits per heavy atom. The Kier molecular flexibility index (Phi) is 10.6. The van der Waals surface area contributed by atoms with Gasteiger partial charge in [-0.2, -0.15) is 13.2 Å². The molecule has 8 heteroatoms. The van der Waals surface area contributed by atoms with Crippen LogP contribution < -0.4 is 5.32 Å². The average molecular weight is 512 g/mol. The topological polar surface area (TPSA) is 30.9 Å². The summed E-state index contributed by atoms with van der Waals surface area (Å²) < 4.78 is 37.9. The van der Waals surface area contributed by atoms with Crippen molar-refractivity contribution in [2.75, 3.05) is 46.3 Å². The molecule has 28 heavy (non-hydrogen) atoms. The Morgan fingerprint density at radius 2 is 1.96 bits per heavy atom. The first kappa shape index (κ1) is 25.0. The van der Waals surface area contributed by atoms with Gasteiger partial charge in [-0.3, -0.25) is 9.89 Å². The second kappa shape index (κ2) is 11.8. The summed E-state index contributed by atoms with van der Waals surface area (Å²) in [5.74, 6) is 1.08. The van der Waals surface area contributed by atoms with E-state index in [0.29, 0.717) is 13.1 Å². The van der Waals surface area contributed by atoms with Gasteiger partial charge in [-0.15, -0.1) is 24.0 Å². The Hall–Kier alpha value is -1.03. The lowest BCUT2D eigenvalue weighted by Gasteiger charge is -2.26. The van der Waals surface area contributed by atoms with E-state index in [0.717, 1.165) is 38.4 Å². The number of aliphatic imine (C=N–C) groups is 1. The molecule has 1 aliphatic heterocycles. The molecule has 0 bridgehead atoms. The van der Waals surface area contributed by atoms with Crippen LogP contribution in [0.1, 0.15) is 24.5 Å². The molecule has 160 valence electrons. The third-order valence-corrected chi connectivity index (χ3v) is 4.98. The van der Waals surface area contributed by atoms with E-state index in [1.165, 1.54) is 16.0 Å². The van der Waals surface area contributed by atoms with Crippen molar-refractivity contribution in [2.24, 2.45) is 10.9 Å². The van der Waals surface area contributed by atoms with Crippen LogP contribution in [-0.2, 0) is 6.42 Å². The highest BCUT2D eigenvalue weighted by Gasteiger charge is 2.32. The van der Waals surface area contributed by atoms with Gasteiger partial charge >= 0.3 is 6.18 Å². The predicted octanol–water partition coefficient (Wildman–Crippen LogP) is 3.94. The Morgan fingerprint density at radius 3 is 2.54 bits per heavy atom. The van der Waals surface area contributed by atoms with Crippen molar-refractivity contribution in [3.63, 3.8) is 0 Å². The number of halogens is 4. The van der Waals surface area contributed by atoms with E-state index in [1.807, 2.05) is 0 Å². The highest BCUT2D eigenvalue weighted by molar-refractivity contribution is 14.0. The fraction of sp³-hybridized carbons (Fsp3) is 0.650. The molecule has 1 heterocycles. The lowest BCUT2D eigenvalue weighted by molar-refractivity contribution is -0.146. The first-order valence-corrected chi connectivity index (χ1v) is 9.61. The molecule has 1 unspecified atom stereocenters. The summed E-state index contributed by atoms with van der Waals surface area (Å²) in [5, 5.41) is 3.38. The maximum atomic E-state index is 12.6. The lowest BCUT2D eigenvalue weighted by Crippen LogP contribution is -2.42. The number of rotatable bonds is 7. The summed E-state index contributed by atoms with van der Waals surface area (Å²) in [5.41, 5.74) is 2.52. The van der Waals surface area contributed by atoms with Gasteiger partial charge in [-0.1, -0.05) is 36.8 Å². The van der Waals surface area contributed by atoms with Gasteiger partial charge in [0.2, 0.25) is 0 Å². The van der Waals surface area contributed by atoms with E-state index in [1.54, 1.807) is 14.0 Å². The highest BCUT2D eigenvalue weighted by atomic mass is 127. The van der Waals surface area contributed by atoms with Crippen LogP contribution >= 0.6 is 24.0 Å². The zero-order valence-electron chi connectivity index (χ0n) is 16.9. The largest absolute Gasteiger partial charge is 0.401 e. The van der Waals surface area contributed by atoms with Gasteiger partial charge in [0.15, 0.2) is 5.96 Å². The van der Waals surface area contributed by atoms with Crippen molar-refractivity contribution in [1.29, 1.82) is 0 Å². The molecule has 0 amide bonds. The van der Waals surface area contributed by atoms with Crippen LogP contribution in [0, 0.1) is 12.8 Å². The van der Waals surface area contributed by atoms with E-state index in [9.17, 15) is 13.2 Å². The number of aryl methyl sites for hydroxylation is 1. The normalized spacial score (nSPS) is 17.8. The molecule has 4 nitrogen and oxygen atoms in total. The van der Waals surface area contributed by atoms with Gasteiger partial charge in [-0.05, 0) is 37.8 Å². The van der Waals surface area contributed by atoms with Gasteiger partial charge in [0.05, 0.1) is 6.54 Å². The third kappa shape index (κ3) is 8.55. The monoisotopic (exact) mass is 512 g/mol. The zero-order valence-corrected chi connectivity index (χ0v) is 19.3. The van der Waals surface area contributed by atoms with E-state index < -0.39 is 12.7 Å². The average Bonchev–Trinajstić information content (AvgIpc) is 3.07. The molecule has 0 spiro atoms. The molecule has 1 aromatic carbocycles. The van der Waals surface area contributed by atoms with Crippen LogP contribution in [0.2, 0.25) is 0 Å². The number of nitrogens with one attached hydrogen (secondary N) is 1. The van der Waals surface area contributed by atoms with Gasteiger partial charge < -0.3 is 10.2 Å². The zero-order chi connectivity index (χ0) is 19.9. The van der Waals surface area contributed by atoms with E-state index in [2.05, 4.69) is 46.4 Å². The SMILES string of the molecule is CCN(CC1CCN(C(=NC)NCCc2ccc(C)cc2)C1)CC(F)(F)F.I. The number of benzene rings is 1. The predicted molar refractivity (Wildman–Crippen MR) is 120 cm³/mol. The minimum Gasteiger partial charge on any atom is -0.356 e. The van der Waals surface area contributed by atoms with Crippen molar-refractivity contribution >= 4 is 29.9 Å². The number of guanidine groups is 1. The summed E-state index contributed by atoms with van der Waals surface area (Å²) in [6, 6.07) is 8.47. The molecular weight excluding hydrogens is 480 g/mol. The smallest absolute Gasteiger partial charge is 0.356 e. The summed E-state index contributed by atoms with van der Waals surface area (Å²) in [6.07, 6.45) is -2.33. The minimum atomic E-state index is -4.14. The van der Waals surface area contributed by atoms with Gasteiger partial charge in [0, 0.05) is 33.2 Å². The molecule has 0 radical (unpaired) electrons. The second-order valence-electron chi connectivity index (χ2n) is 7.25. The first-order valence-electron chi connectivity index (χ1n) is 9.61. The summed E-state index contributed by atoms with van der Waals surface area (Å²) in [6.45, 7) is 6.28. The van der Waals surface area contributed by atoms with Crippen molar-refractivity contribution in [2.45, 2.75) is 32.9 Å². The van der Waals surface area contributed by atoms with E-state index in [-0.39, 0.29) is 29.9 Å². The summed E-state index contributed by atoms with van der Waals surface area (Å²) >= 11 is 0. The fourth-order valence-electron chi connectivity index (χ4n) is 3.50. The molecule has 1 atom stereocenters. The molecule has 0 aliphatic carbocycles. The van der Waals surface area contributed by atoms with Crippen LogP contribution in [0.3, 0.4) is 0 Å². The quantitative estimate of drug-likeness (QED) is 0.341. The van der Waals surface area contributed by atoms with Crippen molar-refractivity contribution in [1.82, 2.24) is 15.1 Å². The molecule has 2 rings (SSSR count). The molecule has 1 aliphatic rings. The van der Waals surface area contributed by atoms with Gasteiger partial charge in [-0.25, -0.2) is 0 Å². The lowest BCUT2D eigenvalue weighted by atomic mass is 10.1. The van der Waals surface area contributed by atoms with Gasteiger partial charge in [0.25, 0.3) is 0 Å². The highest BCUT2D eigenvalue weighted by Crippen LogP contribution is 2.21. The molecule has 1 aromatic rings. The molecule has 1 fully saturated rings. The molecule has 0 saturated carbocycles. The molecule has 0 aromatic heterocycles. The fourth-order valence-corrected chi connectivity index (χ4v) is 3.50. The van der Waals surface area contributed by atoms with Crippen LogP contribution in [0.25, 0.3) is 0 Å². The van der Waals surface area contributed by atoms with Crippen LogP contribution in [0.4, 0.5) is 13.2 Å². The Labute approximate surface area is 183 Å². The number of alkyl halides is 3. The van der Waals surface area contributed by atoms with E-state index >= 15 is 0 Å². The van der Waals surface area contributed by atoms with Crippen LogP contribution in [0.5, 0.6) is 0 Å². The Balaban J connectivity index is 0.00000392. The number of likely N-dealkylation sites (tertiary alicyclic amines) is 1. The number of hydrogen-bond acceptors (Lipinski definition) is 2. The van der Waals surface area contributed by atoms with Crippen molar-refractivity contribution in [3.05, 3.63) is 35.4 Å². The summed E-state index contributed by atoms with van der Waals surface area (Å²) in [4.78, 5) is 7.99. The van der Waals surface area contributed by atoms with Crippen molar-refractivity contribution < 1.29 is 13.2 Å². The second-order valence-corrected chi connectivity index (χ2v) is 7.25. The maximum absolute atomic E-state index is 12.6. The number of nitrogens with zero attached hydrogens (tertiary/aromatic N) is 3. The molecular formula is C20H32F3IN4. The van der Waals surface area contributed by atoms with Gasteiger partial charge in [0.1, 0.15) is 0 Å². The molecule has 1 saturated heterocycles. The summed E-state index contributed by atoms with van der Waals surface area (Å²) in [7, 11) is 1.75. The minimum absolute atomic E-state index is 0. The van der Waals surface area contributed by atoms with E-state index in [4.69, 9.17) is 0 Å².